The fourth-order valence-electron chi connectivity index (χ4n) is 12.7. The maximum Gasteiger partial charge on any atom is 0.339 e. The first-order valence-electron chi connectivity index (χ1n) is 18.3. The normalized spacial score (nSPS) is 44.4. The maximum atomic E-state index is 14.3. The predicted molar refractivity (Wildman–Crippen MR) is 175 cm³/mol. The average Bonchev–Trinajstić information content (AvgIpc) is 3.49. The molecule has 0 amide bonds. The van der Waals surface area contributed by atoms with E-state index in [0.29, 0.717) is 62.7 Å². The average molecular weight is 654 g/mol. The lowest BCUT2D eigenvalue weighted by Crippen LogP contribution is -2.82. The number of Topliss-reactive ketones (excluding diaryl/α,β-unsaturated/α-hetero) is 1. The third-order valence-electron chi connectivity index (χ3n) is 14.3. The molecule has 47 heavy (non-hydrogen) atoms. The number of carbonyl (C=O) groups excluding carboxylic acids is 2. The summed E-state index contributed by atoms with van der Waals surface area (Å²) in [6.45, 7) is 5.49. The van der Waals surface area contributed by atoms with Crippen LogP contribution in [0.4, 0.5) is 0 Å². The molecule has 1 aromatic carbocycles. The van der Waals surface area contributed by atoms with Gasteiger partial charge >= 0.3 is 5.97 Å². The van der Waals surface area contributed by atoms with Crippen molar-refractivity contribution in [2.75, 3.05) is 33.9 Å². The third-order valence-corrected chi connectivity index (χ3v) is 14.3. The number of benzene rings is 1. The van der Waals surface area contributed by atoms with Gasteiger partial charge in [-0.05, 0) is 56.2 Å². The molecule has 5 aliphatic carbocycles. The Hall–Kier alpha value is -1.88. The third kappa shape index (κ3) is 4.42. The summed E-state index contributed by atoms with van der Waals surface area (Å²) in [7, 11) is 3.30. The van der Waals surface area contributed by atoms with Gasteiger partial charge in [0.05, 0.1) is 17.8 Å². The zero-order valence-corrected chi connectivity index (χ0v) is 28.7. The number of piperidine rings is 1. The van der Waals surface area contributed by atoms with Gasteiger partial charge in [0.2, 0.25) is 0 Å². The fourth-order valence-corrected chi connectivity index (χ4v) is 12.7. The highest BCUT2D eigenvalue weighted by Gasteiger charge is 2.88. The van der Waals surface area contributed by atoms with Crippen LogP contribution in [0.1, 0.15) is 94.0 Å². The molecule has 5 saturated carbocycles. The van der Waals surface area contributed by atoms with Gasteiger partial charge in [0.25, 0.3) is 0 Å². The summed E-state index contributed by atoms with van der Waals surface area (Å²) in [5.74, 6) is -1.28. The first-order valence-corrected chi connectivity index (χ1v) is 18.3. The molecule has 12 atom stereocenters. The number of aliphatic hydroxyl groups is 3. The topological polar surface area (TPSA) is 126 Å². The van der Waals surface area contributed by atoms with E-state index in [9.17, 15) is 24.9 Å². The summed E-state index contributed by atoms with van der Waals surface area (Å²) >= 11 is 0. The van der Waals surface area contributed by atoms with E-state index in [0.717, 1.165) is 25.7 Å². The van der Waals surface area contributed by atoms with Crippen LogP contribution in [0.5, 0.6) is 0 Å². The molecule has 1 aromatic rings. The summed E-state index contributed by atoms with van der Waals surface area (Å²) in [4.78, 5) is 29.7. The Balaban J connectivity index is 1.27. The van der Waals surface area contributed by atoms with Gasteiger partial charge in [-0.2, -0.15) is 0 Å². The number of ketones is 1. The summed E-state index contributed by atoms with van der Waals surface area (Å²) in [5, 5.41) is 36.9. The van der Waals surface area contributed by atoms with Crippen molar-refractivity contribution in [3.63, 3.8) is 0 Å². The van der Waals surface area contributed by atoms with E-state index >= 15 is 0 Å². The summed E-state index contributed by atoms with van der Waals surface area (Å²) < 4.78 is 18.9. The van der Waals surface area contributed by atoms with E-state index in [4.69, 9.17) is 14.2 Å². The van der Waals surface area contributed by atoms with Gasteiger partial charge in [-0.1, -0.05) is 51.3 Å². The van der Waals surface area contributed by atoms with Crippen LogP contribution < -0.4 is 0 Å². The van der Waals surface area contributed by atoms with Crippen molar-refractivity contribution in [3.8, 4) is 0 Å². The van der Waals surface area contributed by atoms with Crippen LogP contribution in [-0.2, 0) is 25.4 Å². The van der Waals surface area contributed by atoms with Crippen LogP contribution in [0.15, 0.2) is 24.3 Å². The number of aliphatic hydroxyl groups excluding tert-OH is 1. The Morgan fingerprint density at radius 3 is 2.51 bits per heavy atom. The van der Waals surface area contributed by atoms with Crippen molar-refractivity contribution in [2.24, 2.45) is 35.0 Å². The molecule has 0 aromatic heterocycles. The second-order valence-electron chi connectivity index (χ2n) is 15.8. The number of esters is 1. The molecule has 9 nitrogen and oxygen atoms in total. The minimum atomic E-state index is -1.50. The van der Waals surface area contributed by atoms with Crippen molar-refractivity contribution in [2.45, 2.75) is 120 Å². The van der Waals surface area contributed by atoms with Gasteiger partial charge in [-0.15, -0.1) is 0 Å². The molecule has 7 bridgehead atoms. The molecule has 6 fully saturated rings. The highest BCUT2D eigenvalue weighted by Crippen LogP contribution is 2.80. The SMILES string of the molecule is CCCCCCC(=O)Cc1ccccc1C(=O)O[C@@]12CC[C@H](CO)[C@]34C([C@H](CC13)[C@@]1(O)C[C@H](OC)[C@H]3CC4[C@]1(O)[C@H]3OC)N(CC)C2. The van der Waals surface area contributed by atoms with Crippen molar-refractivity contribution in [1.82, 2.24) is 4.90 Å². The lowest BCUT2D eigenvalue weighted by atomic mass is 9.42. The molecular weight excluding hydrogens is 598 g/mol. The first-order chi connectivity index (χ1) is 22.6. The van der Waals surface area contributed by atoms with Crippen LogP contribution in [0.2, 0.25) is 0 Å². The molecule has 1 saturated heterocycles. The molecular formula is C38H55NO8. The maximum absolute atomic E-state index is 14.3. The second-order valence-corrected chi connectivity index (χ2v) is 15.8. The van der Waals surface area contributed by atoms with Crippen LogP contribution >= 0.6 is 0 Å². The van der Waals surface area contributed by atoms with Gasteiger partial charge < -0.3 is 29.5 Å². The molecule has 1 spiro atoms. The van der Waals surface area contributed by atoms with E-state index in [2.05, 4.69) is 18.7 Å². The Labute approximate surface area is 279 Å². The summed E-state index contributed by atoms with van der Waals surface area (Å²) in [6, 6.07) is 7.27. The second kappa shape index (κ2) is 12.2. The van der Waals surface area contributed by atoms with Crippen molar-refractivity contribution in [1.29, 1.82) is 0 Å². The molecule has 6 aliphatic rings. The number of rotatable bonds is 13. The van der Waals surface area contributed by atoms with E-state index in [1.807, 2.05) is 18.2 Å². The molecule has 7 rings (SSSR count). The Kier molecular flexibility index (Phi) is 8.70. The zero-order valence-electron chi connectivity index (χ0n) is 28.7. The molecule has 3 N–H and O–H groups in total. The number of ether oxygens (including phenoxy) is 3. The smallest absolute Gasteiger partial charge is 0.339 e. The summed E-state index contributed by atoms with van der Waals surface area (Å²) in [5.41, 5.74) is -3.24. The number of hydrogen-bond donors (Lipinski definition) is 3. The lowest BCUT2D eigenvalue weighted by Gasteiger charge is -2.71. The van der Waals surface area contributed by atoms with E-state index in [-0.39, 0.29) is 60.5 Å². The van der Waals surface area contributed by atoms with Crippen LogP contribution in [0, 0.1) is 35.0 Å². The highest BCUT2D eigenvalue weighted by atomic mass is 16.6. The molecule has 260 valence electrons. The Bertz CT molecular complexity index is 1370. The van der Waals surface area contributed by atoms with E-state index < -0.39 is 34.3 Å². The quantitative estimate of drug-likeness (QED) is 0.215. The molecule has 1 aliphatic heterocycles. The van der Waals surface area contributed by atoms with Crippen LogP contribution in [0.3, 0.4) is 0 Å². The minimum Gasteiger partial charge on any atom is -0.454 e. The standard InChI is InChI=1S/C38H55NO8/c1-5-7-8-9-13-25(41)17-23-12-10-11-14-26(23)34(42)47-35-16-15-24(21-40)37-30(35)19-28(32(37)39(6-2)22-35)36(43)20-29(45-3)27-18-31(37)38(36,44)33(27)46-4/h10-12,14,24,27-33,40,43-44H,5-9,13,15-22H2,1-4H3/t24-,27-,28+,29+,30?,31?,32?,33+,35-,36+,37+,38+/m1/s1. The molecule has 9 heteroatoms. The van der Waals surface area contributed by atoms with Gasteiger partial charge in [0, 0.05) is 81.8 Å². The number of methoxy groups -OCH3 is 2. The lowest BCUT2D eigenvalue weighted by molar-refractivity contribution is -0.333. The Morgan fingerprint density at radius 1 is 1.02 bits per heavy atom. The predicted octanol–water partition coefficient (Wildman–Crippen LogP) is 3.94. The minimum absolute atomic E-state index is 0.0223. The number of likely N-dealkylation sites (tertiary alicyclic amines) is 1. The number of hydrogen-bond acceptors (Lipinski definition) is 9. The van der Waals surface area contributed by atoms with Gasteiger partial charge in [0.1, 0.15) is 22.6 Å². The van der Waals surface area contributed by atoms with E-state index in [1.54, 1.807) is 20.3 Å². The number of nitrogens with zero attached hydrogens (tertiary/aromatic N) is 1. The number of unbranched alkanes of at least 4 members (excludes halogenated alkanes) is 3. The number of carbonyl (C=O) groups is 2. The van der Waals surface area contributed by atoms with Gasteiger partial charge in [-0.25, -0.2) is 4.79 Å². The fraction of sp³-hybridized carbons (Fsp3) is 0.789. The molecule has 1 heterocycles. The molecule has 3 unspecified atom stereocenters. The number of likely N-dealkylation sites (N-methyl/N-ethyl adjacent to an activating group) is 1. The van der Waals surface area contributed by atoms with Crippen molar-refractivity contribution >= 4 is 11.8 Å². The van der Waals surface area contributed by atoms with E-state index in [1.165, 1.54) is 0 Å². The summed E-state index contributed by atoms with van der Waals surface area (Å²) in [6.07, 6.45) is 6.83. The van der Waals surface area contributed by atoms with Crippen molar-refractivity contribution < 1.29 is 39.1 Å². The van der Waals surface area contributed by atoms with Gasteiger partial charge in [0.15, 0.2) is 0 Å². The molecule has 0 radical (unpaired) electrons. The Morgan fingerprint density at radius 2 is 1.81 bits per heavy atom. The zero-order chi connectivity index (χ0) is 33.4. The first kappa shape index (κ1) is 33.6. The largest absolute Gasteiger partial charge is 0.454 e. The highest BCUT2D eigenvalue weighted by molar-refractivity contribution is 5.93. The monoisotopic (exact) mass is 653 g/mol. The van der Waals surface area contributed by atoms with Crippen molar-refractivity contribution in [3.05, 3.63) is 35.4 Å². The van der Waals surface area contributed by atoms with Crippen LogP contribution in [-0.4, -0.2) is 101 Å². The van der Waals surface area contributed by atoms with Gasteiger partial charge in [-0.3, -0.25) is 9.69 Å². The number of fused-ring (bicyclic) bond motifs is 2. The van der Waals surface area contributed by atoms with Crippen LogP contribution in [0.25, 0.3) is 0 Å².